The zero-order valence-corrected chi connectivity index (χ0v) is 11.8. The third-order valence-electron chi connectivity index (χ3n) is 2.75. The maximum absolute atomic E-state index is 12.2. The molecule has 0 aliphatic heterocycles. The Labute approximate surface area is 117 Å². The average molecular weight is 271 g/mol. The van der Waals surface area contributed by atoms with E-state index >= 15 is 0 Å². The molecule has 2 rings (SSSR count). The fourth-order valence-corrected chi connectivity index (χ4v) is 1.95. The molecule has 104 valence electrons. The number of ether oxygens (including phenoxy) is 1. The van der Waals surface area contributed by atoms with Gasteiger partial charge in [0, 0.05) is 17.1 Å². The zero-order chi connectivity index (χ0) is 14.9. The molecule has 0 spiro atoms. The van der Waals surface area contributed by atoms with E-state index < -0.39 is 11.7 Å². The van der Waals surface area contributed by atoms with Crippen molar-refractivity contribution in [3.8, 4) is 0 Å². The summed E-state index contributed by atoms with van der Waals surface area (Å²) < 4.78 is 6.70. The van der Waals surface area contributed by atoms with Crippen molar-refractivity contribution < 1.29 is 14.3 Å². The number of aromatic nitrogens is 1. The fraction of sp³-hybridized carbons (Fsp3) is 0.250. The molecule has 1 aromatic carbocycles. The van der Waals surface area contributed by atoms with Crippen LogP contribution in [-0.4, -0.2) is 22.0 Å². The van der Waals surface area contributed by atoms with Crippen LogP contribution in [0.15, 0.2) is 43.1 Å². The first-order valence-electron chi connectivity index (χ1n) is 6.33. The van der Waals surface area contributed by atoms with E-state index in [1.807, 2.05) is 12.1 Å². The van der Waals surface area contributed by atoms with Gasteiger partial charge in [-0.15, -0.1) is 0 Å². The van der Waals surface area contributed by atoms with E-state index in [9.17, 15) is 9.59 Å². The molecule has 0 unspecified atom stereocenters. The van der Waals surface area contributed by atoms with E-state index in [1.165, 1.54) is 16.8 Å². The van der Waals surface area contributed by atoms with Gasteiger partial charge in [0.25, 0.3) is 0 Å². The van der Waals surface area contributed by atoms with Crippen LogP contribution in [0.5, 0.6) is 0 Å². The second-order valence-corrected chi connectivity index (χ2v) is 5.48. The summed E-state index contributed by atoms with van der Waals surface area (Å²) in [6.07, 6.45) is 2.24. The van der Waals surface area contributed by atoms with Gasteiger partial charge >= 0.3 is 6.09 Å². The Morgan fingerprint density at radius 3 is 2.50 bits per heavy atom. The minimum Gasteiger partial charge on any atom is -0.443 e. The maximum atomic E-state index is 12.2. The van der Waals surface area contributed by atoms with Gasteiger partial charge in [0.05, 0.1) is 5.52 Å². The Kier molecular flexibility index (Phi) is 3.49. The standard InChI is InChI=1S/C16H17NO3/c1-5-14(18)12-10-17(15(19)20-16(2,3)4)13-9-7-6-8-11(12)13/h5-10H,1H2,2-4H3. The molecule has 0 aliphatic rings. The molecule has 0 saturated carbocycles. The highest BCUT2D eigenvalue weighted by Crippen LogP contribution is 2.23. The lowest BCUT2D eigenvalue weighted by Crippen LogP contribution is -2.26. The summed E-state index contributed by atoms with van der Waals surface area (Å²) in [6, 6.07) is 7.21. The minimum atomic E-state index is -0.592. The Balaban J connectivity index is 2.57. The molecular formula is C16H17NO3. The molecule has 0 fully saturated rings. The summed E-state index contributed by atoms with van der Waals surface area (Å²) in [6.45, 7) is 8.88. The number of rotatable bonds is 2. The Hall–Kier alpha value is -2.36. The molecule has 0 radical (unpaired) electrons. The second-order valence-electron chi connectivity index (χ2n) is 5.48. The predicted octanol–water partition coefficient (Wildman–Crippen LogP) is 3.79. The van der Waals surface area contributed by atoms with E-state index in [2.05, 4.69) is 6.58 Å². The van der Waals surface area contributed by atoms with Crippen molar-refractivity contribution >= 4 is 22.8 Å². The maximum Gasteiger partial charge on any atom is 0.419 e. The summed E-state index contributed by atoms with van der Waals surface area (Å²) in [5, 5.41) is 0.711. The van der Waals surface area contributed by atoms with Gasteiger partial charge in [-0.25, -0.2) is 4.79 Å². The van der Waals surface area contributed by atoms with Crippen molar-refractivity contribution in [2.24, 2.45) is 0 Å². The molecule has 0 N–H and O–H groups in total. The molecule has 4 heteroatoms. The number of carbonyl (C=O) groups is 2. The number of nitrogens with zero attached hydrogens (tertiary/aromatic N) is 1. The summed E-state index contributed by atoms with van der Waals surface area (Å²) >= 11 is 0. The lowest BCUT2D eigenvalue weighted by atomic mass is 10.1. The third kappa shape index (κ3) is 2.64. The summed E-state index contributed by atoms with van der Waals surface area (Å²) in [5.74, 6) is -0.219. The van der Waals surface area contributed by atoms with E-state index in [-0.39, 0.29) is 5.78 Å². The largest absolute Gasteiger partial charge is 0.443 e. The van der Waals surface area contributed by atoms with Crippen LogP contribution in [0.25, 0.3) is 10.9 Å². The normalized spacial score (nSPS) is 11.3. The second kappa shape index (κ2) is 4.96. The highest BCUT2D eigenvalue weighted by molar-refractivity contribution is 6.14. The summed E-state index contributed by atoms with van der Waals surface area (Å²) in [4.78, 5) is 24.1. The predicted molar refractivity (Wildman–Crippen MR) is 78.1 cm³/mol. The number of ketones is 1. The summed E-state index contributed by atoms with van der Waals surface area (Å²) in [5.41, 5.74) is 0.499. The highest BCUT2D eigenvalue weighted by atomic mass is 16.6. The van der Waals surface area contributed by atoms with E-state index in [1.54, 1.807) is 32.9 Å². The molecule has 0 atom stereocenters. The van der Waals surface area contributed by atoms with Gasteiger partial charge in [-0.1, -0.05) is 24.8 Å². The van der Waals surface area contributed by atoms with Gasteiger partial charge in [-0.3, -0.25) is 9.36 Å². The SMILES string of the molecule is C=CC(=O)c1cn(C(=O)OC(C)(C)C)c2ccccc12. The minimum absolute atomic E-state index is 0.219. The molecule has 0 amide bonds. The first kappa shape index (κ1) is 14.1. The van der Waals surface area contributed by atoms with Crippen molar-refractivity contribution in [2.45, 2.75) is 26.4 Å². The van der Waals surface area contributed by atoms with Crippen molar-refractivity contribution in [2.75, 3.05) is 0 Å². The van der Waals surface area contributed by atoms with Gasteiger partial charge in [0.1, 0.15) is 5.60 Å². The quantitative estimate of drug-likeness (QED) is 0.616. The van der Waals surface area contributed by atoms with Gasteiger partial charge in [-0.2, -0.15) is 0 Å². The van der Waals surface area contributed by atoms with E-state index in [0.717, 1.165) is 0 Å². The van der Waals surface area contributed by atoms with Crippen LogP contribution in [-0.2, 0) is 4.74 Å². The van der Waals surface area contributed by atoms with Crippen LogP contribution in [0.1, 0.15) is 31.1 Å². The van der Waals surface area contributed by atoms with Gasteiger partial charge in [0.15, 0.2) is 5.78 Å². The third-order valence-corrected chi connectivity index (χ3v) is 2.75. The Bertz CT molecular complexity index is 689. The molecule has 4 nitrogen and oxygen atoms in total. The topological polar surface area (TPSA) is 48.3 Å². The molecule has 1 aromatic heterocycles. The van der Waals surface area contributed by atoms with Gasteiger partial charge < -0.3 is 4.74 Å². The van der Waals surface area contributed by atoms with Crippen molar-refractivity contribution in [3.05, 3.63) is 48.7 Å². The summed E-state index contributed by atoms with van der Waals surface area (Å²) in [7, 11) is 0. The lowest BCUT2D eigenvalue weighted by molar-refractivity contribution is 0.0544. The fourth-order valence-electron chi connectivity index (χ4n) is 1.95. The Morgan fingerprint density at radius 1 is 1.25 bits per heavy atom. The number of carbonyl (C=O) groups excluding carboxylic acids is 2. The molecule has 0 bridgehead atoms. The van der Waals surface area contributed by atoms with E-state index in [4.69, 9.17) is 4.74 Å². The van der Waals surface area contributed by atoms with Crippen molar-refractivity contribution in [3.63, 3.8) is 0 Å². The lowest BCUT2D eigenvalue weighted by Gasteiger charge is -2.19. The first-order chi connectivity index (χ1) is 9.33. The van der Waals surface area contributed by atoms with Crippen LogP contribution in [0.4, 0.5) is 4.79 Å². The number of para-hydroxylation sites is 1. The molecule has 20 heavy (non-hydrogen) atoms. The smallest absolute Gasteiger partial charge is 0.419 e. The number of hydrogen-bond donors (Lipinski definition) is 0. The van der Waals surface area contributed by atoms with Gasteiger partial charge in [-0.05, 0) is 32.9 Å². The van der Waals surface area contributed by atoms with Crippen LogP contribution < -0.4 is 0 Å². The first-order valence-corrected chi connectivity index (χ1v) is 6.33. The van der Waals surface area contributed by atoms with Crippen LogP contribution >= 0.6 is 0 Å². The van der Waals surface area contributed by atoms with Crippen LogP contribution in [0.3, 0.4) is 0 Å². The molecule has 2 aromatic rings. The van der Waals surface area contributed by atoms with Crippen LogP contribution in [0, 0.1) is 0 Å². The number of hydrogen-bond acceptors (Lipinski definition) is 3. The highest BCUT2D eigenvalue weighted by Gasteiger charge is 2.21. The Morgan fingerprint density at radius 2 is 1.90 bits per heavy atom. The van der Waals surface area contributed by atoms with Gasteiger partial charge in [0.2, 0.25) is 0 Å². The zero-order valence-electron chi connectivity index (χ0n) is 11.8. The molecule has 1 heterocycles. The molecule has 0 saturated heterocycles. The average Bonchev–Trinajstić information content (AvgIpc) is 2.75. The molecular weight excluding hydrogens is 254 g/mol. The van der Waals surface area contributed by atoms with Crippen LogP contribution in [0.2, 0.25) is 0 Å². The molecule has 0 aliphatic carbocycles. The number of allylic oxidation sites excluding steroid dienone is 1. The van der Waals surface area contributed by atoms with E-state index in [0.29, 0.717) is 16.5 Å². The number of benzene rings is 1. The van der Waals surface area contributed by atoms with Crippen molar-refractivity contribution in [1.29, 1.82) is 0 Å². The monoisotopic (exact) mass is 271 g/mol. The number of fused-ring (bicyclic) bond motifs is 1. The van der Waals surface area contributed by atoms with Crippen molar-refractivity contribution in [1.82, 2.24) is 4.57 Å².